The molecule has 1 aromatic carbocycles. The number of hydrogen-bond acceptors (Lipinski definition) is 3. The van der Waals surface area contributed by atoms with Crippen LogP contribution in [0.1, 0.15) is 48.3 Å². The molecule has 23 heavy (non-hydrogen) atoms. The van der Waals surface area contributed by atoms with Crippen molar-refractivity contribution >= 4 is 17.2 Å². The highest BCUT2D eigenvalue weighted by atomic mass is 32.1. The van der Waals surface area contributed by atoms with Crippen molar-refractivity contribution in [1.29, 1.82) is 0 Å². The third-order valence-electron chi connectivity index (χ3n) is 4.02. The zero-order valence-corrected chi connectivity index (χ0v) is 15.4. The molecule has 0 bridgehead atoms. The second-order valence-corrected chi connectivity index (χ2v) is 7.85. The Morgan fingerprint density at radius 3 is 2.30 bits per heavy atom. The molecule has 2 rings (SSSR count). The number of carbonyl (C=O) groups is 1. The minimum Gasteiger partial charge on any atom is -0.350 e. The van der Waals surface area contributed by atoms with Crippen LogP contribution in [0.2, 0.25) is 0 Å². The van der Waals surface area contributed by atoms with Gasteiger partial charge >= 0.3 is 0 Å². The summed E-state index contributed by atoms with van der Waals surface area (Å²) < 4.78 is 0. The maximum absolute atomic E-state index is 12.4. The molecule has 1 aromatic heterocycles. The van der Waals surface area contributed by atoms with E-state index >= 15 is 0 Å². The second kappa shape index (κ2) is 7.28. The van der Waals surface area contributed by atoms with Gasteiger partial charge in [0.1, 0.15) is 0 Å². The second-order valence-electron chi connectivity index (χ2n) is 7.07. The lowest BCUT2D eigenvalue weighted by Gasteiger charge is -2.24. The van der Waals surface area contributed by atoms with Crippen molar-refractivity contribution in [2.45, 2.75) is 32.2 Å². The highest BCUT2D eigenvalue weighted by Gasteiger charge is 2.17. The topological polar surface area (TPSA) is 32.3 Å². The first-order valence-electron chi connectivity index (χ1n) is 7.86. The quantitative estimate of drug-likeness (QED) is 0.896. The SMILES string of the molecule is CN(C)[C@@H](CNC(=O)c1ccc(C(C)(C)C)cc1)c1ccsc1. The summed E-state index contributed by atoms with van der Waals surface area (Å²) in [4.78, 5) is 14.5. The summed E-state index contributed by atoms with van der Waals surface area (Å²) in [6, 6.07) is 10.2. The maximum Gasteiger partial charge on any atom is 0.251 e. The number of thiophene rings is 1. The summed E-state index contributed by atoms with van der Waals surface area (Å²) in [6.07, 6.45) is 0. The van der Waals surface area contributed by atoms with Crippen molar-refractivity contribution in [1.82, 2.24) is 10.2 Å². The Balaban J connectivity index is 2.01. The zero-order valence-electron chi connectivity index (χ0n) is 14.6. The first kappa shape index (κ1) is 17.7. The van der Waals surface area contributed by atoms with Crippen LogP contribution in [-0.2, 0) is 5.41 Å². The highest BCUT2D eigenvalue weighted by molar-refractivity contribution is 7.07. The molecule has 0 spiro atoms. The predicted molar refractivity (Wildman–Crippen MR) is 98.2 cm³/mol. The molecule has 1 atom stereocenters. The van der Waals surface area contributed by atoms with E-state index in [2.05, 4.69) is 47.8 Å². The Bertz CT molecular complexity index is 624. The lowest BCUT2D eigenvalue weighted by molar-refractivity contribution is 0.0942. The minimum atomic E-state index is -0.0208. The fourth-order valence-electron chi connectivity index (χ4n) is 2.48. The maximum atomic E-state index is 12.4. The van der Waals surface area contributed by atoms with Crippen molar-refractivity contribution in [3.8, 4) is 0 Å². The molecular formula is C19H26N2OS. The molecule has 124 valence electrons. The van der Waals surface area contributed by atoms with Crippen LogP contribution in [-0.4, -0.2) is 31.4 Å². The van der Waals surface area contributed by atoms with Gasteiger partial charge in [-0.3, -0.25) is 4.79 Å². The Kier molecular flexibility index (Phi) is 5.60. The first-order valence-corrected chi connectivity index (χ1v) is 8.80. The third-order valence-corrected chi connectivity index (χ3v) is 4.72. The van der Waals surface area contributed by atoms with Gasteiger partial charge in [-0.2, -0.15) is 11.3 Å². The number of amides is 1. The van der Waals surface area contributed by atoms with Crippen LogP contribution in [0.3, 0.4) is 0 Å². The van der Waals surface area contributed by atoms with Crippen LogP contribution in [0.5, 0.6) is 0 Å². The predicted octanol–water partition coefficient (Wildman–Crippen LogP) is 4.08. The fraction of sp³-hybridized carbons (Fsp3) is 0.421. The largest absolute Gasteiger partial charge is 0.350 e. The molecule has 4 heteroatoms. The summed E-state index contributed by atoms with van der Waals surface area (Å²) in [7, 11) is 4.07. The molecule has 0 unspecified atom stereocenters. The summed E-state index contributed by atoms with van der Waals surface area (Å²) in [5.41, 5.74) is 3.28. The van der Waals surface area contributed by atoms with Gasteiger partial charge in [0.15, 0.2) is 0 Å². The standard InChI is InChI=1S/C19H26N2OS/c1-19(2,3)16-8-6-14(7-9-16)18(22)20-12-17(21(4)5)15-10-11-23-13-15/h6-11,13,17H,12H2,1-5H3,(H,20,22)/t17-/m0/s1. The van der Waals surface area contributed by atoms with E-state index in [0.29, 0.717) is 12.1 Å². The molecule has 1 heterocycles. The molecule has 1 amide bonds. The average Bonchev–Trinajstić information content (AvgIpc) is 3.00. The normalized spacial score (nSPS) is 13.1. The molecule has 3 nitrogen and oxygen atoms in total. The number of carbonyl (C=O) groups excluding carboxylic acids is 1. The molecule has 0 saturated carbocycles. The van der Waals surface area contributed by atoms with Crippen molar-refractivity contribution in [3.63, 3.8) is 0 Å². The summed E-state index contributed by atoms with van der Waals surface area (Å²) in [5.74, 6) is -0.0208. The Morgan fingerprint density at radius 2 is 1.83 bits per heavy atom. The Morgan fingerprint density at radius 1 is 1.17 bits per heavy atom. The van der Waals surface area contributed by atoms with Crippen LogP contribution < -0.4 is 5.32 Å². The van der Waals surface area contributed by atoms with Crippen LogP contribution in [0.4, 0.5) is 0 Å². The molecule has 0 radical (unpaired) electrons. The van der Waals surface area contributed by atoms with Crippen molar-refractivity contribution in [3.05, 3.63) is 57.8 Å². The molecule has 0 aliphatic carbocycles. The number of rotatable bonds is 5. The fourth-order valence-corrected chi connectivity index (χ4v) is 3.18. The van der Waals surface area contributed by atoms with E-state index in [1.165, 1.54) is 11.1 Å². The summed E-state index contributed by atoms with van der Waals surface area (Å²) >= 11 is 1.68. The Hall–Kier alpha value is -1.65. The van der Waals surface area contributed by atoms with E-state index in [1.54, 1.807) is 11.3 Å². The third kappa shape index (κ3) is 4.66. The number of nitrogens with zero attached hydrogens (tertiary/aromatic N) is 1. The van der Waals surface area contributed by atoms with Gasteiger partial charge < -0.3 is 10.2 Å². The van der Waals surface area contributed by atoms with E-state index in [0.717, 1.165) is 0 Å². The van der Waals surface area contributed by atoms with Gasteiger partial charge in [-0.05, 0) is 59.6 Å². The monoisotopic (exact) mass is 330 g/mol. The molecule has 0 fully saturated rings. The van der Waals surface area contributed by atoms with Gasteiger partial charge in [-0.1, -0.05) is 32.9 Å². The van der Waals surface area contributed by atoms with E-state index in [1.807, 2.05) is 38.4 Å². The number of likely N-dealkylation sites (N-methyl/N-ethyl adjacent to an activating group) is 1. The van der Waals surface area contributed by atoms with Crippen LogP contribution in [0, 0.1) is 0 Å². The average molecular weight is 330 g/mol. The molecule has 1 N–H and O–H groups in total. The lowest BCUT2D eigenvalue weighted by atomic mass is 9.87. The lowest BCUT2D eigenvalue weighted by Crippen LogP contribution is -2.34. The minimum absolute atomic E-state index is 0.0208. The van der Waals surface area contributed by atoms with Crippen LogP contribution >= 0.6 is 11.3 Å². The molecule has 2 aromatic rings. The molecule has 0 saturated heterocycles. The van der Waals surface area contributed by atoms with Crippen LogP contribution in [0.15, 0.2) is 41.1 Å². The number of nitrogens with one attached hydrogen (secondary N) is 1. The summed E-state index contributed by atoms with van der Waals surface area (Å²) in [5, 5.41) is 7.25. The van der Waals surface area contributed by atoms with E-state index in [-0.39, 0.29) is 17.4 Å². The van der Waals surface area contributed by atoms with E-state index < -0.39 is 0 Å². The first-order chi connectivity index (χ1) is 10.8. The van der Waals surface area contributed by atoms with Gasteiger partial charge in [0.2, 0.25) is 0 Å². The van der Waals surface area contributed by atoms with Crippen molar-refractivity contribution < 1.29 is 4.79 Å². The van der Waals surface area contributed by atoms with Gasteiger partial charge in [0.05, 0.1) is 6.04 Å². The van der Waals surface area contributed by atoms with Gasteiger partial charge in [-0.15, -0.1) is 0 Å². The van der Waals surface area contributed by atoms with Gasteiger partial charge in [-0.25, -0.2) is 0 Å². The highest BCUT2D eigenvalue weighted by Crippen LogP contribution is 2.23. The number of benzene rings is 1. The molecular weight excluding hydrogens is 304 g/mol. The Labute approximate surface area is 143 Å². The van der Waals surface area contributed by atoms with Crippen molar-refractivity contribution in [2.24, 2.45) is 0 Å². The zero-order chi connectivity index (χ0) is 17.0. The van der Waals surface area contributed by atoms with Gasteiger partial charge in [0, 0.05) is 12.1 Å². The molecule has 0 aliphatic heterocycles. The molecule has 0 aliphatic rings. The van der Waals surface area contributed by atoms with Crippen molar-refractivity contribution in [2.75, 3.05) is 20.6 Å². The smallest absolute Gasteiger partial charge is 0.251 e. The van der Waals surface area contributed by atoms with E-state index in [9.17, 15) is 4.79 Å². The van der Waals surface area contributed by atoms with Gasteiger partial charge in [0.25, 0.3) is 5.91 Å². The summed E-state index contributed by atoms with van der Waals surface area (Å²) in [6.45, 7) is 7.11. The number of hydrogen-bond donors (Lipinski definition) is 1. The van der Waals surface area contributed by atoms with E-state index in [4.69, 9.17) is 0 Å². The van der Waals surface area contributed by atoms with Crippen LogP contribution in [0.25, 0.3) is 0 Å².